The summed E-state index contributed by atoms with van der Waals surface area (Å²) in [5.41, 5.74) is -0.0221. The Hall–Kier alpha value is -2.22. The summed E-state index contributed by atoms with van der Waals surface area (Å²) in [5.74, 6) is -0.494. The zero-order valence-corrected chi connectivity index (χ0v) is 16.9. The summed E-state index contributed by atoms with van der Waals surface area (Å²) < 4.78 is 51.1. The third kappa shape index (κ3) is 5.39. The van der Waals surface area contributed by atoms with E-state index >= 15 is 0 Å². The standard InChI is InChI=1S/C20H25F3N2O7/c21-20(22,23)17-12(8-11-5-3-10(4-6-11)2-1-7-26)18(25-24-17)32-19-16(30)15(29)14(28)13(9-27)31-19/h3-6,13-16,19,26-30H,1-2,7-9H2,(H,24,25)/t13-,14-,15+,16-,19+/m1/s1. The fraction of sp³-hybridized carbons (Fsp3) is 0.550. The zero-order valence-electron chi connectivity index (χ0n) is 16.9. The molecule has 0 radical (unpaired) electrons. The van der Waals surface area contributed by atoms with Crippen LogP contribution >= 0.6 is 0 Å². The van der Waals surface area contributed by atoms with Gasteiger partial charge in [0.15, 0.2) is 0 Å². The number of aromatic amines is 1. The van der Waals surface area contributed by atoms with Crippen LogP contribution in [-0.2, 0) is 23.8 Å². The predicted molar refractivity (Wildman–Crippen MR) is 103 cm³/mol. The molecule has 5 atom stereocenters. The van der Waals surface area contributed by atoms with E-state index in [1.807, 2.05) is 5.10 Å². The maximum Gasteiger partial charge on any atom is 0.433 e. The molecule has 0 amide bonds. The van der Waals surface area contributed by atoms with E-state index in [-0.39, 0.29) is 18.6 Å². The Morgan fingerprint density at radius 1 is 1.00 bits per heavy atom. The Morgan fingerprint density at radius 2 is 1.66 bits per heavy atom. The van der Waals surface area contributed by atoms with Crippen LogP contribution in [0.5, 0.6) is 5.88 Å². The molecule has 1 aliphatic heterocycles. The van der Waals surface area contributed by atoms with E-state index in [4.69, 9.17) is 14.6 Å². The van der Waals surface area contributed by atoms with Crippen LogP contribution in [0.15, 0.2) is 24.3 Å². The predicted octanol–water partition coefficient (Wildman–Crippen LogP) is 0.123. The van der Waals surface area contributed by atoms with Crippen LogP contribution in [0.3, 0.4) is 0 Å². The Kier molecular flexibility index (Phi) is 7.75. The maximum atomic E-state index is 13.5. The van der Waals surface area contributed by atoms with Gasteiger partial charge < -0.3 is 35.0 Å². The highest BCUT2D eigenvalue weighted by atomic mass is 19.4. The number of H-pyrrole nitrogens is 1. The van der Waals surface area contributed by atoms with E-state index in [0.717, 1.165) is 5.56 Å². The average Bonchev–Trinajstić information content (AvgIpc) is 3.16. The fourth-order valence-electron chi connectivity index (χ4n) is 3.43. The third-order valence-electron chi connectivity index (χ3n) is 5.22. The second-order valence-electron chi connectivity index (χ2n) is 7.52. The number of hydrogen-bond donors (Lipinski definition) is 6. The van der Waals surface area contributed by atoms with E-state index in [1.54, 1.807) is 24.3 Å². The number of aliphatic hydroxyl groups excluding tert-OH is 5. The summed E-state index contributed by atoms with van der Waals surface area (Å²) in [7, 11) is 0. The molecule has 1 aromatic heterocycles. The van der Waals surface area contributed by atoms with Crippen molar-refractivity contribution in [2.45, 2.75) is 56.1 Å². The Labute approximate surface area is 181 Å². The van der Waals surface area contributed by atoms with Crippen molar-refractivity contribution in [2.75, 3.05) is 13.2 Å². The molecule has 1 aromatic carbocycles. The zero-order chi connectivity index (χ0) is 23.5. The number of alkyl halides is 3. The van der Waals surface area contributed by atoms with Crippen LogP contribution < -0.4 is 4.74 Å². The molecule has 0 aliphatic carbocycles. The lowest BCUT2D eigenvalue weighted by Gasteiger charge is -2.39. The molecular weight excluding hydrogens is 437 g/mol. The number of rotatable bonds is 8. The molecule has 0 saturated carbocycles. The molecule has 1 fully saturated rings. The smallest absolute Gasteiger partial charge is 0.433 e. The summed E-state index contributed by atoms with van der Waals surface area (Å²) in [6.45, 7) is -0.682. The van der Waals surface area contributed by atoms with Gasteiger partial charge in [0, 0.05) is 13.0 Å². The molecule has 0 bridgehead atoms. The van der Waals surface area contributed by atoms with Crippen LogP contribution in [0.25, 0.3) is 0 Å². The van der Waals surface area contributed by atoms with Gasteiger partial charge in [-0.3, -0.25) is 5.10 Å². The highest BCUT2D eigenvalue weighted by Gasteiger charge is 2.46. The summed E-state index contributed by atoms with van der Waals surface area (Å²) in [5, 5.41) is 53.5. The molecule has 3 rings (SSSR count). The lowest BCUT2D eigenvalue weighted by atomic mass is 9.99. The van der Waals surface area contributed by atoms with Crippen LogP contribution in [-0.4, -0.2) is 79.6 Å². The van der Waals surface area contributed by atoms with Crippen molar-refractivity contribution < 1.29 is 48.2 Å². The van der Waals surface area contributed by atoms with Crippen molar-refractivity contribution in [3.63, 3.8) is 0 Å². The van der Waals surface area contributed by atoms with E-state index in [0.29, 0.717) is 18.4 Å². The van der Waals surface area contributed by atoms with Crippen molar-refractivity contribution in [3.05, 3.63) is 46.6 Å². The van der Waals surface area contributed by atoms with Crippen LogP contribution in [0.1, 0.15) is 28.8 Å². The number of nitrogens with zero attached hydrogens (tertiary/aromatic N) is 1. The molecule has 32 heavy (non-hydrogen) atoms. The highest BCUT2D eigenvalue weighted by Crippen LogP contribution is 2.36. The normalized spacial score (nSPS) is 26.3. The second kappa shape index (κ2) is 10.1. The molecule has 178 valence electrons. The minimum Gasteiger partial charge on any atom is -0.443 e. The lowest BCUT2D eigenvalue weighted by molar-refractivity contribution is -0.278. The molecule has 9 nitrogen and oxygen atoms in total. The topological polar surface area (TPSA) is 148 Å². The Bertz CT molecular complexity index is 873. The first kappa shape index (κ1) is 24.4. The Morgan fingerprint density at radius 3 is 2.25 bits per heavy atom. The van der Waals surface area contributed by atoms with Gasteiger partial charge in [0.25, 0.3) is 0 Å². The number of benzene rings is 1. The Balaban J connectivity index is 1.85. The quantitative estimate of drug-likeness (QED) is 0.324. The van der Waals surface area contributed by atoms with Crippen LogP contribution in [0.4, 0.5) is 13.2 Å². The minimum atomic E-state index is -4.76. The number of aromatic nitrogens is 2. The molecule has 1 aliphatic rings. The summed E-state index contributed by atoms with van der Waals surface area (Å²) in [6, 6.07) is 6.79. The first-order chi connectivity index (χ1) is 15.2. The van der Waals surface area contributed by atoms with E-state index < -0.39 is 55.1 Å². The average molecular weight is 462 g/mol. The molecule has 2 aromatic rings. The first-order valence-electron chi connectivity index (χ1n) is 9.96. The van der Waals surface area contributed by atoms with Gasteiger partial charge in [0.1, 0.15) is 30.1 Å². The van der Waals surface area contributed by atoms with Gasteiger partial charge in [-0.2, -0.15) is 13.2 Å². The van der Waals surface area contributed by atoms with E-state index in [2.05, 4.69) is 5.10 Å². The SMILES string of the molecule is OCCCc1ccc(Cc2c(O[C@@H]3O[C@H](CO)[C@@H](O)[C@H](O)[C@H]3O)n[nH]c2C(F)(F)F)cc1. The second-order valence-corrected chi connectivity index (χ2v) is 7.52. The van der Waals surface area contributed by atoms with Gasteiger partial charge in [-0.1, -0.05) is 24.3 Å². The lowest BCUT2D eigenvalue weighted by Crippen LogP contribution is -2.60. The molecular formula is C20H25F3N2O7. The largest absolute Gasteiger partial charge is 0.443 e. The first-order valence-corrected chi connectivity index (χ1v) is 9.96. The van der Waals surface area contributed by atoms with Gasteiger partial charge >= 0.3 is 6.18 Å². The molecule has 0 unspecified atom stereocenters. The van der Waals surface area contributed by atoms with Gasteiger partial charge in [-0.25, -0.2) is 0 Å². The number of aryl methyl sites for hydroxylation is 1. The van der Waals surface area contributed by atoms with Gasteiger partial charge in [0.05, 0.1) is 12.2 Å². The van der Waals surface area contributed by atoms with Crippen molar-refractivity contribution in [2.24, 2.45) is 0 Å². The van der Waals surface area contributed by atoms with E-state index in [9.17, 15) is 33.6 Å². The van der Waals surface area contributed by atoms with Gasteiger partial charge in [-0.05, 0) is 24.0 Å². The number of ether oxygens (including phenoxy) is 2. The maximum absolute atomic E-state index is 13.5. The summed E-state index contributed by atoms with van der Waals surface area (Å²) >= 11 is 0. The van der Waals surface area contributed by atoms with Gasteiger partial charge in [0.2, 0.25) is 12.2 Å². The number of hydrogen-bond acceptors (Lipinski definition) is 8. The molecule has 2 heterocycles. The fourth-order valence-corrected chi connectivity index (χ4v) is 3.43. The monoisotopic (exact) mass is 462 g/mol. The van der Waals surface area contributed by atoms with Crippen molar-refractivity contribution in [1.82, 2.24) is 10.2 Å². The number of aliphatic hydroxyl groups is 5. The third-order valence-corrected chi connectivity index (χ3v) is 5.22. The van der Waals surface area contributed by atoms with Crippen LogP contribution in [0.2, 0.25) is 0 Å². The summed E-state index contributed by atoms with van der Waals surface area (Å²) in [4.78, 5) is 0. The van der Waals surface area contributed by atoms with Crippen LogP contribution in [0, 0.1) is 0 Å². The van der Waals surface area contributed by atoms with Crippen molar-refractivity contribution in [1.29, 1.82) is 0 Å². The number of nitrogens with one attached hydrogen (secondary N) is 1. The highest BCUT2D eigenvalue weighted by molar-refractivity contribution is 5.38. The summed E-state index contributed by atoms with van der Waals surface area (Å²) in [6.07, 6.45) is -11.9. The molecule has 12 heteroatoms. The number of halogens is 3. The molecule has 6 N–H and O–H groups in total. The molecule has 1 saturated heterocycles. The molecule has 0 spiro atoms. The van der Waals surface area contributed by atoms with E-state index in [1.165, 1.54) is 0 Å². The minimum absolute atomic E-state index is 0.0321. The van der Waals surface area contributed by atoms with Crippen molar-refractivity contribution >= 4 is 0 Å². The van der Waals surface area contributed by atoms with Crippen molar-refractivity contribution in [3.8, 4) is 5.88 Å². The van der Waals surface area contributed by atoms with Gasteiger partial charge in [-0.15, -0.1) is 5.10 Å².